The van der Waals surface area contributed by atoms with Crippen LogP contribution >= 0.6 is 0 Å². The summed E-state index contributed by atoms with van der Waals surface area (Å²) in [7, 11) is 7.90. The Morgan fingerprint density at radius 1 is 0.793 bits per heavy atom. The van der Waals surface area contributed by atoms with Gasteiger partial charge >= 0.3 is 0 Å². The van der Waals surface area contributed by atoms with Gasteiger partial charge < -0.3 is 28.8 Å². The monoisotopic (exact) mass is 400 g/mol. The van der Waals surface area contributed by atoms with Gasteiger partial charge in [0.15, 0.2) is 0 Å². The number of benzene rings is 2. The molecule has 3 rings (SSSR count). The maximum atomic E-state index is 12.4. The predicted octanol–water partition coefficient (Wildman–Crippen LogP) is 3.98. The summed E-state index contributed by atoms with van der Waals surface area (Å²) < 4.78 is 28.1. The van der Waals surface area contributed by atoms with Crippen molar-refractivity contribution in [1.29, 1.82) is 0 Å². The predicted molar refractivity (Wildman–Crippen MR) is 111 cm³/mol. The minimum Gasteiger partial charge on any atom is -0.496 e. The Balaban J connectivity index is 2.47. The summed E-state index contributed by atoms with van der Waals surface area (Å²) in [5.74, 6) is 2.42. The van der Waals surface area contributed by atoms with Gasteiger partial charge in [0.1, 0.15) is 34.4 Å². The summed E-state index contributed by atoms with van der Waals surface area (Å²) in [6.45, 7) is 3.91. The standard InChI is InChI=1S/C23H28O6/c1-13-14(2)23(24,20-16(22(13)29-7)9-8-10-17(20)26-4)21-18(27-5)11-15(25-3)12-19(21)28-6/h8-12,14,24H,1-7H3/t14-,23-/m0/s1. The lowest BCUT2D eigenvalue weighted by molar-refractivity contribution is 0.0277. The molecule has 2 aromatic carbocycles. The van der Waals surface area contributed by atoms with Crippen molar-refractivity contribution in [1.82, 2.24) is 0 Å². The lowest BCUT2D eigenvalue weighted by atomic mass is 9.67. The number of rotatable bonds is 6. The van der Waals surface area contributed by atoms with Crippen LogP contribution in [0.3, 0.4) is 0 Å². The van der Waals surface area contributed by atoms with Gasteiger partial charge in [0.05, 0.1) is 41.1 Å². The van der Waals surface area contributed by atoms with E-state index in [0.29, 0.717) is 34.1 Å². The third-order valence-corrected chi connectivity index (χ3v) is 5.81. The summed E-state index contributed by atoms with van der Waals surface area (Å²) in [6.07, 6.45) is 0. The van der Waals surface area contributed by atoms with E-state index in [1.165, 1.54) is 0 Å². The Morgan fingerprint density at radius 3 is 1.86 bits per heavy atom. The third-order valence-electron chi connectivity index (χ3n) is 5.81. The molecular weight excluding hydrogens is 372 g/mol. The van der Waals surface area contributed by atoms with E-state index in [2.05, 4.69) is 0 Å². The molecule has 2 atom stereocenters. The zero-order valence-electron chi connectivity index (χ0n) is 18.0. The maximum Gasteiger partial charge on any atom is 0.132 e. The van der Waals surface area contributed by atoms with Crippen molar-refractivity contribution in [2.75, 3.05) is 35.5 Å². The molecule has 1 aliphatic rings. The minimum atomic E-state index is -1.49. The van der Waals surface area contributed by atoms with Crippen LogP contribution in [0, 0.1) is 5.92 Å². The van der Waals surface area contributed by atoms with E-state index in [9.17, 15) is 5.11 Å². The highest BCUT2D eigenvalue weighted by Gasteiger charge is 2.50. The van der Waals surface area contributed by atoms with Gasteiger partial charge in [0, 0.05) is 29.2 Å². The first-order chi connectivity index (χ1) is 13.9. The first-order valence-corrected chi connectivity index (χ1v) is 9.34. The molecule has 0 aromatic heterocycles. The van der Waals surface area contributed by atoms with Crippen LogP contribution in [0.1, 0.15) is 30.5 Å². The Labute approximate surface area is 171 Å². The van der Waals surface area contributed by atoms with Crippen molar-refractivity contribution in [3.8, 4) is 23.0 Å². The highest BCUT2D eigenvalue weighted by Crippen LogP contribution is 2.56. The molecule has 0 fully saturated rings. The van der Waals surface area contributed by atoms with Gasteiger partial charge in [0.2, 0.25) is 0 Å². The second-order valence-corrected chi connectivity index (χ2v) is 6.99. The fourth-order valence-electron chi connectivity index (χ4n) is 4.22. The summed E-state index contributed by atoms with van der Waals surface area (Å²) in [6, 6.07) is 9.10. The van der Waals surface area contributed by atoms with Crippen LogP contribution in [0.15, 0.2) is 35.9 Å². The van der Waals surface area contributed by atoms with Gasteiger partial charge in [-0.15, -0.1) is 0 Å². The molecule has 156 valence electrons. The Hall–Kier alpha value is -2.86. The van der Waals surface area contributed by atoms with Crippen LogP contribution in [-0.4, -0.2) is 40.7 Å². The molecule has 1 aliphatic carbocycles. The van der Waals surface area contributed by atoms with Crippen LogP contribution in [-0.2, 0) is 10.3 Å². The first kappa shape index (κ1) is 20.9. The molecule has 0 saturated carbocycles. The Morgan fingerprint density at radius 2 is 1.38 bits per heavy atom. The SMILES string of the molecule is COC1=C(C)[C@H](C)[C@@](O)(c2c(OC)cc(OC)cc2OC)c2c(OC)cccc21. The normalized spacial score (nSPS) is 20.8. The molecule has 0 amide bonds. The van der Waals surface area contributed by atoms with E-state index in [1.807, 2.05) is 32.0 Å². The fraction of sp³-hybridized carbons (Fsp3) is 0.391. The number of ether oxygens (including phenoxy) is 5. The van der Waals surface area contributed by atoms with Crippen molar-refractivity contribution < 1.29 is 28.8 Å². The van der Waals surface area contributed by atoms with Gasteiger partial charge in [-0.3, -0.25) is 0 Å². The number of hydrogen-bond donors (Lipinski definition) is 1. The van der Waals surface area contributed by atoms with E-state index in [0.717, 1.165) is 16.9 Å². The minimum absolute atomic E-state index is 0.350. The van der Waals surface area contributed by atoms with Crippen molar-refractivity contribution in [3.05, 3.63) is 52.6 Å². The van der Waals surface area contributed by atoms with Crippen LogP contribution < -0.4 is 18.9 Å². The molecule has 0 spiro atoms. The van der Waals surface area contributed by atoms with E-state index in [4.69, 9.17) is 23.7 Å². The number of fused-ring (bicyclic) bond motifs is 1. The Bertz CT molecular complexity index is 923. The lowest BCUT2D eigenvalue weighted by Crippen LogP contribution is -2.40. The largest absolute Gasteiger partial charge is 0.496 e. The molecule has 6 nitrogen and oxygen atoms in total. The van der Waals surface area contributed by atoms with Crippen molar-refractivity contribution >= 4 is 5.76 Å². The number of aliphatic hydroxyl groups is 1. The van der Waals surface area contributed by atoms with Crippen molar-refractivity contribution in [2.24, 2.45) is 5.92 Å². The van der Waals surface area contributed by atoms with Crippen LogP contribution in [0.2, 0.25) is 0 Å². The van der Waals surface area contributed by atoms with Gasteiger partial charge in [-0.25, -0.2) is 0 Å². The first-order valence-electron chi connectivity index (χ1n) is 9.34. The molecule has 0 bridgehead atoms. The Kier molecular flexibility index (Phi) is 5.66. The van der Waals surface area contributed by atoms with E-state index in [-0.39, 0.29) is 5.92 Å². The molecule has 0 radical (unpaired) electrons. The zero-order valence-corrected chi connectivity index (χ0v) is 18.0. The summed E-state index contributed by atoms with van der Waals surface area (Å²) in [5, 5.41) is 12.4. The van der Waals surface area contributed by atoms with E-state index < -0.39 is 5.60 Å². The number of methoxy groups -OCH3 is 5. The van der Waals surface area contributed by atoms with E-state index >= 15 is 0 Å². The number of hydrogen-bond acceptors (Lipinski definition) is 6. The quantitative estimate of drug-likeness (QED) is 0.791. The van der Waals surface area contributed by atoms with Gasteiger partial charge in [-0.1, -0.05) is 19.1 Å². The molecule has 0 unspecified atom stereocenters. The molecule has 0 saturated heterocycles. The molecule has 0 heterocycles. The van der Waals surface area contributed by atoms with Crippen LogP contribution in [0.4, 0.5) is 0 Å². The summed E-state index contributed by atoms with van der Waals surface area (Å²) in [4.78, 5) is 0. The maximum absolute atomic E-state index is 12.4. The van der Waals surface area contributed by atoms with Gasteiger partial charge in [0.25, 0.3) is 0 Å². The van der Waals surface area contributed by atoms with Crippen LogP contribution in [0.5, 0.6) is 23.0 Å². The lowest BCUT2D eigenvalue weighted by Gasteiger charge is -2.43. The third kappa shape index (κ3) is 2.99. The fourth-order valence-corrected chi connectivity index (χ4v) is 4.22. The molecular formula is C23H28O6. The highest BCUT2D eigenvalue weighted by atomic mass is 16.5. The average molecular weight is 400 g/mol. The summed E-state index contributed by atoms with van der Waals surface area (Å²) in [5.41, 5.74) is 1.31. The zero-order chi connectivity index (χ0) is 21.3. The molecule has 29 heavy (non-hydrogen) atoms. The highest BCUT2D eigenvalue weighted by molar-refractivity contribution is 5.76. The second-order valence-electron chi connectivity index (χ2n) is 6.99. The van der Waals surface area contributed by atoms with E-state index in [1.54, 1.807) is 47.7 Å². The molecule has 0 aliphatic heterocycles. The molecule has 2 aromatic rings. The van der Waals surface area contributed by atoms with Crippen molar-refractivity contribution in [3.63, 3.8) is 0 Å². The second kappa shape index (κ2) is 7.87. The molecule has 1 N–H and O–H groups in total. The summed E-state index contributed by atoms with van der Waals surface area (Å²) >= 11 is 0. The smallest absolute Gasteiger partial charge is 0.132 e. The molecule has 6 heteroatoms. The van der Waals surface area contributed by atoms with Crippen LogP contribution in [0.25, 0.3) is 5.76 Å². The van der Waals surface area contributed by atoms with Crippen molar-refractivity contribution in [2.45, 2.75) is 19.4 Å². The topological polar surface area (TPSA) is 66.4 Å². The average Bonchev–Trinajstić information content (AvgIpc) is 2.76. The van der Waals surface area contributed by atoms with Gasteiger partial charge in [-0.2, -0.15) is 0 Å². The van der Waals surface area contributed by atoms with Gasteiger partial charge in [-0.05, 0) is 18.6 Å².